The monoisotopic (exact) mass is 306 g/mol. The van der Waals surface area contributed by atoms with E-state index in [9.17, 15) is 14.4 Å². The lowest BCUT2D eigenvalue weighted by Gasteiger charge is -2.10. The molecule has 120 valence electrons. The summed E-state index contributed by atoms with van der Waals surface area (Å²) in [6.07, 6.45) is 1.78. The molecule has 2 rings (SSSR count). The number of aromatic nitrogens is 4. The first-order valence-electron chi connectivity index (χ1n) is 7.54. The third kappa shape index (κ3) is 2.75. The Bertz CT molecular complexity index is 826. The molecule has 0 unspecified atom stereocenters. The van der Waals surface area contributed by atoms with E-state index in [1.165, 1.54) is 9.13 Å². The summed E-state index contributed by atoms with van der Waals surface area (Å²) in [5.41, 5.74) is 0.250. The lowest BCUT2D eigenvalue weighted by atomic mass is 10.2. The molecular formula is C15H22N4O3. The summed E-state index contributed by atoms with van der Waals surface area (Å²) in [6.45, 7) is 5.99. The summed E-state index contributed by atoms with van der Waals surface area (Å²) < 4.78 is 4.50. The van der Waals surface area contributed by atoms with Gasteiger partial charge in [-0.25, -0.2) is 9.78 Å². The van der Waals surface area contributed by atoms with Crippen LogP contribution in [0.5, 0.6) is 0 Å². The van der Waals surface area contributed by atoms with E-state index in [2.05, 4.69) is 4.98 Å². The minimum Gasteiger partial charge on any atom is -0.325 e. The van der Waals surface area contributed by atoms with E-state index >= 15 is 0 Å². The molecule has 0 atom stereocenters. The molecule has 7 nitrogen and oxygen atoms in total. The molecule has 2 aromatic heterocycles. The lowest BCUT2D eigenvalue weighted by molar-refractivity contribution is -0.117. The zero-order valence-electron chi connectivity index (χ0n) is 13.5. The van der Waals surface area contributed by atoms with Gasteiger partial charge in [-0.1, -0.05) is 0 Å². The fraction of sp³-hybridized carbons (Fsp3) is 0.600. The maximum atomic E-state index is 12.6. The topological polar surface area (TPSA) is 78.9 Å². The van der Waals surface area contributed by atoms with Crippen LogP contribution < -0.4 is 11.2 Å². The fourth-order valence-electron chi connectivity index (χ4n) is 2.60. The number of rotatable bonds is 6. The van der Waals surface area contributed by atoms with Crippen LogP contribution in [0.1, 0.15) is 38.9 Å². The lowest BCUT2D eigenvalue weighted by Crippen LogP contribution is -2.40. The van der Waals surface area contributed by atoms with E-state index in [0.717, 1.165) is 0 Å². The van der Waals surface area contributed by atoms with Gasteiger partial charge in [-0.15, -0.1) is 0 Å². The Morgan fingerprint density at radius 2 is 1.86 bits per heavy atom. The van der Waals surface area contributed by atoms with E-state index < -0.39 is 0 Å². The van der Waals surface area contributed by atoms with Crippen LogP contribution >= 0.6 is 0 Å². The molecule has 0 amide bonds. The van der Waals surface area contributed by atoms with Gasteiger partial charge in [0.15, 0.2) is 11.2 Å². The summed E-state index contributed by atoms with van der Waals surface area (Å²) in [7, 11) is 1.77. The first-order valence-corrected chi connectivity index (χ1v) is 7.54. The van der Waals surface area contributed by atoms with Crippen molar-refractivity contribution < 1.29 is 4.79 Å². The third-order valence-corrected chi connectivity index (χ3v) is 3.94. The highest BCUT2D eigenvalue weighted by molar-refractivity contribution is 5.75. The molecule has 0 aliphatic heterocycles. The Morgan fingerprint density at radius 1 is 1.18 bits per heavy atom. The highest BCUT2D eigenvalue weighted by atomic mass is 16.2. The molecule has 0 aliphatic rings. The Kier molecular flexibility index (Phi) is 4.63. The largest absolute Gasteiger partial charge is 0.332 e. The molecule has 22 heavy (non-hydrogen) atoms. The Morgan fingerprint density at radius 3 is 2.45 bits per heavy atom. The van der Waals surface area contributed by atoms with Gasteiger partial charge >= 0.3 is 5.69 Å². The van der Waals surface area contributed by atoms with Crippen molar-refractivity contribution in [3.8, 4) is 0 Å². The van der Waals surface area contributed by atoms with Crippen LogP contribution in [0.25, 0.3) is 11.2 Å². The maximum Gasteiger partial charge on any atom is 0.332 e. The van der Waals surface area contributed by atoms with Crippen molar-refractivity contribution in [3.63, 3.8) is 0 Å². The second-order valence-electron chi connectivity index (χ2n) is 5.53. The number of Topliss-reactive ketones (excluding diaryl/α,β-unsaturated/α-hetero) is 1. The number of ketones is 1. The Labute approximate surface area is 128 Å². The predicted octanol–water partition coefficient (Wildman–Crippen LogP) is 0.984. The van der Waals surface area contributed by atoms with Crippen molar-refractivity contribution in [1.29, 1.82) is 0 Å². The van der Waals surface area contributed by atoms with Gasteiger partial charge in [0.25, 0.3) is 5.56 Å². The third-order valence-electron chi connectivity index (χ3n) is 3.94. The molecule has 0 saturated carbocycles. The van der Waals surface area contributed by atoms with Crippen molar-refractivity contribution in [2.75, 3.05) is 0 Å². The zero-order valence-corrected chi connectivity index (χ0v) is 13.5. The van der Waals surface area contributed by atoms with Crippen LogP contribution in [-0.4, -0.2) is 24.5 Å². The van der Waals surface area contributed by atoms with Crippen LogP contribution in [0.2, 0.25) is 0 Å². The minimum atomic E-state index is -0.332. The summed E-state index contributed by atoms with van der Waals surface area (Å²) in [6, 6.07) is 0. The van der Waals surface area contributed by atoms with Gasteiger partial charge in [-0.3, -0.25) is 13.9 Å². The SMILES string of the molecule is CCn1c(=O)n(CCCCC(C)=O)c(=O)c2c1nc(C)n2C. The van der Waals surface area contributed by atoms with E-state index in [4.69, 9.17) is 0 Å². The molecule has 7 heteroatoms. The molecule has 2 heterocycles. The quantitative estimate of drug-likeness (QED) is 0.745. The van der Waals surface area contributed by atoms with Crippen molar-refractivity contribution in [3.05, 3.63) is 26.7 Å². The van der Waals surface area contributed by atoms with E-state index in [0.29, 0.717) is 49.3 Å². The summed E-state index contributed by atoms with van der Waals surface area (Å²) in [5, 5.41) is 0. The van der Waals surface area contributed by atoms with Crippen molar-refractivity contribution in [1.82, 2.24) is 18.7 Å². The van der Waals surface area contributed by atoms with Crippen LogP contribution in [0.15, 0.2) is 9.59 Å². The fourth-order valence-corrected chi connectivity index (χ4v) is 2.60. The van der Waals surface area contributed by atoms with E-state index in [-0.39, 0.29) is 17.0 Å². The highest BCUT2D eigenvalue weighted by Crippen LogP contribution is 2.09. The molecule has 0 N–H and O–H groups in total. The summed E-state index contributed by atoms with van der Waals surface area (Å²) in [5.74, 6) is 0.819. The molecule has 0 spiro atoms. The summed E-state index contributed by atoms with van der Waals surface area (Å²) >= 11 is 0. The number of carbonyl (C=O) groups is 1. The minimum absolute atomic E-state index is 0.121. The summed E-state index contributed by atoms with van der Waals surface area (Å²) in [4.78, 5) is 40.4. The number of hydrogen-bond acceptors (Lipinski definition) is 4. The van der Waals surface area contributed by atoms with Gasteiger partial charge in [0.1, 0.15) is 11.6 Å². The Hall–Kier alpha value is -2.18. The second-order valence-corrected chi connectivity index (χ2v) is 5.53. The normalized spacial score (nSPS) is 11.3. The van der Waals surface area contributed by atoms with Crippen LogP contribution in [0, 0.1) is 6.92 Å². The van der Waals surface area contributed by atoms with Crippen molar-refractivity contribution in [2.24, 2.45) is 7.05 Å². The molecular weight excluding hydrogens is 284 g/mol. The molecule has 2 aromatic rings. The standard InChI is InChI=1S/C15H22N4O3/c1-5-18-13-12(17(4)11(3)16-13)14(21)19(15(18)22)9-7-6-8-10(2)20/h5-9H2,1-4H3. The Balaban J connectivity index is 2.50. The van der Waals surface area contributed by atoms with Gasteiger partial charge in [-0.05, 0) is 33.6 Å². The predicted molar refractivity (Wildman–Crippen MR) is 84.2 cm³/mol. The molecule has 0 bridgehead atoms. The smallest absolute Gasteiger partial charge is 0.325 e. The molecule has 0 fully saturated rings. The van der Waals surface area contributed by atoms with Crippen LogP contribution in [0.4, 0.5) is 0 Å². The number of aryl methyl sites for hydroxylation is 3. The molecule has 0 aromatic carbocycles. The number of fused-ring (bicyclic) bond motifs is 1. The van der Waals surface area contributed by atoms with Crippen LogP contribution in [0.3, 0.4) is 0 Å². The van der Waals surface area contributed by atoms with Gasteiger partial charge in [0.05, 0.1) is 0 Å². The number of carbonyl (C=O) groups excluding carboxylic acids is 1. The van der Waals surface area contributed by atoms with Crippen molar-refractivity contribution >= 4 is 16.9 Å². The molecule has 0 saturated heterocycles. The second kappa shape index (κ2) is 6.29. The first kappa shape index (κ1) is 16.2. The molecule has 0 radical (unpaired) electrons. The average Bonchev–Trinajstić information content (AvgIpc) is 2.74. The zero-order chi connectivity index (χ0) is 16.4. The molecule has 0 aliphatic carbocycles. The maximum absolute atomic E-state index is 12.6. The van der Waals surface area contributed by atoms with E-state index in [1.807, 2.05) is 6.92 Å². The number of nitrogens with zero attached hydrogens (tertiary/aromatic N) is 4. The van der Waals surface area contributed by atoms with Gasteiger partial charge in [0.2, 0.25) is 0 Å². The number of unbranched alkanes of at least 4 members (excludes halogenated alkanes) is 1. The average molecular weight is 306 g/mol. The van der Waals surface area contributed by atoms with Gasteiger partial charge < -0.3 is 9.36 Å². The van der Waals surface area contributed by atoms with Crippen molar-refractivity contribution in [2.45, 2.75) is 53.1 Å². The number of imidazole rings is 1. The highest BCUT2D eigenvalue weighted by Gasteiger charge is 2.17. The van der Waals surface area contributed by atoms with Crippen LogP contribution in [-0.2, 0) is 24.9 Å². The first-order chi connectivity index (χ1) is 10.4. The van der Waals surface area contributed by atoms with E-state index in [1.54, 1.807) is 25.5 Å². The number of hydrogen-bond donors (Lipinski definition) is 0. The van der Waals surface area contributed by atoms with Gasteiger partial charge in [-0.2, -0.15) is 0 Å². The van der Waals surface area contributed by atoms with Gasteiger partial charge in [0, 0.05) is 26.6 Å².